The van der Waals surface area contributed by atoms with E-state index in [1.165, 1.54) is 0 Å². The molecule has 0 bridgehead atoms. The minimum Gasteiger partial charge on any atom is -0.497 e. The minimum absolute atomic E-state index is 0.412. The number of rotatable bonds is 8. The van der Waals surface area contributed by atoms with E-state index >= 15 is 0 Å². The first-order chi connectivity index (χ1) is 14.6. The number of imidazole rings is 1. The predicted octanol–water partition coefficient (Wildman–Crippen LogP) is 3.78. The molecule has 4 aromatic rings. The number of nitrogen functional groups attached to an aromatic ring is 1. The summed E-state index contributed by atoms with van der Waals surface area (Å²) in [4.78, 5) is 25.3. The number of nitrogens with zero attached hydrogens (tertiary/aromatic N) is 3. The third-order valence-corrected chi connectivity index (χ3v) is 5.21. The third kappa shape index (κ3) is 3.97. The van der Waals surface area contributed by atoms with E-state index in [9.17, 15) is 4.79 Å². The van der Waals surface area contributed by atoms with Gasteiger partial charge in [0.05, 0.1) is 24.7 Å². The number of carbonyl (C=O) groups is 1. The number of fused-ring (bicyclic) bond motifs is 3. The molecule has 0 atom stereocenters. The van der Waals surface area contributed by atoms with Crippen LogP contribution in [0.4, 0.5) is 5.82 Å². The summed E-state index contributed by atoms with van der Waals surface area (Å²) in [7, 11) is 3.67. The van der Waals surface area contributed by atoms with Crippen LogP contribution in [-0.4, -0.2) is 46.8 Å². The summed E-state index contributed by atoms with van der Waals surface area (Å²) in [6.07, 6.45) is 2.36. The maximum absolute atomic E-state index is 10.5. The fraction of sp³-hybridized carbons (Fsp3) is 0.261. The zero-order valence-corrected chi connectivity index (χ0v) is 17.2. The molecule has 3 N–H and O–H groups in total. The van der Waals surface area contributed by atoms with Gasteiger partial charge < -0.3 is 20.2 Å². The normalized spacial score (nSPS) is 11.4. The number of unbranched alkanes of at least 4 members (excludes halogenated alkanes) is 1. The number of methoxy groups -OCH3 is 1. The molecule has 0 saturated carbocycles. The molecule has 7 heteroatoms. The number of nitrogens with one attached hydrogen (secondary N) is 1. The van der Waals surface area contributed by atoms with Crippen molar-refractivity contribution in [3.05, 3.63) is 48.3 Å². The van der Waals surface area contributed by atoms with Crippen LogP contribution in [0.3, 0.4) is 0 Å². The number of hydrogen-bond acceptors (Lipinski definition) is 6. The van der Waals surface area contributed by atoms with Crippen molar-refractivity contribution in [3.63, 3.8) is 0 Å². The standard InChI is InChI=1S/C23H25N5O2/c1-28(11-3-4-12-29)14-20-26-21-18-10-7-16(15-5-8-17(30-2)9-6-15)13-19(18)25-23(24)22(21)27-20/h5-10,12-13H,3-4,11,14H2,1-2H3,(H2,24,25)(H,26,27). The summed E-state index contributed by atoms with van der Waals surface area (Å²) < 4.78 is 5.24. The maximum Gasteiger partial charge on any atom is 0.152 e. The van der Waals surface area contributed by atoms with Gasteiger partial charge in [0.2, 0.25) is 0 Å². The van der Waals surface area contributed by atoms with Crippen LogP contribution in [-0.2, 0) is 11.3 Å². The topological polar surface area (TPSA) is 97.1 Å². The van der Waals surface area contributed by atoms with E-state index in [-0.39, 0.29) is 0 Å². The number of nitrogens with two attached hydrogens (primary N) is 1. The number of aromatic amines is 1. The first kappa shape index (κ1) is 19.8. The number of aldehydes is 1. The van der Waals surface area contributed by atoms with Crippen molar-refractivity contribution >= 4 is 34.0 Å². The second-order valence-corrected chi connectivity index (χ2v) is 7.41. The van der Waals surface area contributed by atoms with Crippen LogP contribution in [0, 0.1) is 0 Å². The van der Waals surface area contributed by atoms with Gasteiger partial charge in [0.1, 0.15) is 23.4 Å². The Hall–Kier alpha value is -3.45. The first-order valence-corrected chi connectivity index (χ1v) is 9.93. The lowest BCUT2D eigenvalue weighted by Gasteiger charge is -2.13. The fourth-order valence-electron chi connectivity index (χ4n) is 3.64. The van der Waals surface area contributed by atoms with Gasteiger partial charge in [-0.1, -0.05) is 24.3 Å². The molecule has 0 aliphatic carbocycles. The van der Waals surface area contributed by atoms with E-state index in [0.717, 1.165) is 58.4 Å². The molecule has 0 fully saturated rings. The Morgan fingerprint density at radius 2 is 1.90 bits per heavy atom. The van der Waals surface area contributed by atoms with E-state index in [1.54, 1.807) is 7.11 Å². The number of pyridine rings is 1. The van der Waals surface area contributed by atoms with E-state index in [1.807, 2.05) is 37.4 Å². The van der Waals surface area contributed by atoms with Crippen LogP contribution in [0.5, 0.6) is 5.75 Å². The van der Waals surface area contributed by atoms with Crippen LogP contribution >= 0.6 is 0 Å². The Bertz CT molecular complexity index is 1180. The zero-order valence-electron chi connectivity index (χ0n) is 17.2. The van der Waals surface area contributed by atoms with Gasteiger partial charge in [0.25, 0.3) is 0 Å². The fourth-order valence-corrected chi connectivity index (χ4v) is 3.64. The molecule has 2 heterocycles. The molecule has 0 amide bonds. The average Bonchev–Trinajstić information content (AvgIpc) is 3.18. The lowest BCUT2D eigenvalue weighted by molar-refractivity contribution is -0.108. The lowest BCUT2D eigenvalue weighted by atomic mass is 10.0. The van der Waals surface area contributed by atoms with Crippen molar-refractivity contribution < 1.29 is 9.53 Å². The molecule has 0 aliphatic heterocycles. The van der Waals surface area contributed by atoms with Gasteiger partial charge in [-0.2, -0.15) is 0 Å². The second kappa shape index (κ2) is 8.51. The van der Waals surface area contributed by atoms with Crippen molar-refractivity contribution in [3.8, 4) is 16.9 Å². The summed E-state index contributed by atoms with van der Waals surface area (Å²) in [6.45, 7) is 1.48. The Morgan fingerprint density at radius 1 is 1.13 bits per heavy atom. The summed E-state index contributed by atoms with van der Waals surface area (Å²) >= 11 is 0. The number of hydrogen-bond donors (Lipinski definition) is 2. The van der Waals surface area contributed by atoms with Gasteiger partial charge >= 0.3 is 0 Å². The highest BCUT2D eigenvalue weighted by Gasteiger charge is 2.13. The van der Waals surface area contributed by atoms with Crippen molar-refractivity contribution in [2.45, 2.75) is 19.4 Å². The third-order valence-electron chi connectivity index (χ3n) is 5.21. The zero-order chi connectivity index (χ0) is 21.1. The summed E-state index contributed by atoms with van der Waals surface area (Å²) in [5.41, 5.74) is 10.8. The second-order valence-electron chi connectivity index (χ2n) is 7.41. The summed E-state index contributed by atoms with van der Waals surface area (Å²) in [5, 5.41) is 0.985. The Kier molecular flexibility index (Phi) is 5.63. The smallest absolute Gasteiger partial charge is 0.152 e. The van der Waals surface area contributed by atoms with E-state index in [0.29, 0.717) is 24.3 Å². The Morgan fingerprint density at radius 3 is 2.63 bits per heavy atom. The van der Waals surface area contributed by atoms with Crippen molar-refractivity contribution in [1.29, 1.82) is 0 Å². The Balaban J connectivity index is 1.67. The SMILES string of the molecule is COc1ccc(-c2ccc3c(c2)nc(N)c2nc(CN(C)CCCC=O)[nH]c23)cc1. The van der Waals surface area contributed by atoms with Gasteiger partial charge in [0.15, 0.2) is 5.82 Å². The number of aromatic nitrogens is 3. The van der Waals surface area contributed by atoms with E-state index in [4.69, 9.17) is 10.5 Å². The number of anilines is 1. The lowest BCUT2D eigenvalue weighted by Crippen LogP contribution is -2.19. The number of ether oxygens (including phenoxy) is 1. The molecule has 30 heavy (non-hydrogen) atoms. The van der Waals surface area contributed by atoms with Crippen LogP contribution in [0.1, 0.15) is 18.7 Å². The molecule has 7 nitrogen and oxygen atoms in total. The molecule has 0 unspecified atom stereocenters. The van der Waals surface area contributed by atoms with Gasteiger partial charge in [-0.05, 0) is 49.3 Å². The monoisotopic (exact) mass is 403 g/mol. The molecule has 0 radical (unpaired) electrons. The highest BCUT2D eigenvalue weighted by atomic mass is 16.5. The van der Waals surface area contributed by atoms with Crippen molar-refractivity contribution in [2.24, 2.45) is 0 Å². The van der Waals surface area contributed by atoms with Crippen LogP contribution in [0.2, 0.25) is 0 Å². The largest absolute Gasteiger partial charge is 0.497 e. The highest BCUT2D eigenvalue weighted by Crippen LogP contribution is 2.30. The molecule has 2 aromatic carbocycles. The molecular weight excluding hydrogens is 378 g/mol. The first-order valence-electron chi connectivity index (χ1n) is 9.93. The number of benzene rings is 2. The van der Waals surface area contributed by atoms with Gasteiger partial charge in [-0.25, -0.2) is 9.97 Å². The van der Waals surface area contributed by atoms with Crippen LogP contribution in [0.25, 0.3) is 33.1 Å². The quantitative estimate of drug-likeness (QED) is 0.343. The number of H-pyrrole nitrogens is 1. The van der Waals surface area contributed by atoms with E-state index in [2.05, 4.69) is 32.0 Å². The minimum atomic E-state index is 0.412. The summed E-state index contributed by atoms with van der Waals surface area (Å²) in [5.74, 6) is 2.07. The van der Waals surface area contributed by atoms with Crippen LogP contribution in [0.15, 0.2) is 42.5 Å². The van der Waals surface area contributed by atoms with Gasteiger partial charge in [0, 0.05) is 11.8 Å². The highest BCUT2D eigenvalue weighted by molar-refractivity contribution is 6.07. The average molecular weight is 403 g/mol. The molecule has 0 spiro atoms. The molecule has 4 rings (SSSR count). The molecule has 0 aliphatic rings. The molecule has 154 valence electrons. The maximum atomic E-state index is 10.5. The summed E-state index contributed by atoms with van der Waals surface area (Å²) in [6, 6.07) is 14.1. The molecule has 0 saturated heterocycles. The van der Waals surface area contributed by atoms with Crippen LogP contribution < -0.4 is 10.5 Å². The van der Waals surface area contributed by atoms with Gasteiger partial charge in [-0.3, -0.25) is 4.90 Å². The van der Waals surface area contributed by atoms with Crippen molar-refractivity contribution in [1.82, 2.24) is 19.9 Å². The predicted molar refractivity (Wildman–Crippen MR) is 119 cm³/mol. The number of carbonyl (C=O) groups excluding carboxylic acids is 1. The molecule has 2 aromatic heterocycles. The van der Waals surface area contributed by atoms with E-state index < -0.39 is 0 Å². The van der Waals surface area contributed by atoms with Gasteiger partial charge in [-0.15, -0.1) is 0 Å². The van der Waals surface area contributed by atoms with Crippen molar-refractivity contribution in [2.75, 3.05) is 26.4 Å². The molecular formula is C23H25N5O2. The Labute approximate surface area is 174 Å².